The molecule has 0 saturated carbocycles. The predicted octanol–water partition coefficient (Wildman–Crippen LogP) is 2.57. The summed E-state index contributed by atoms with van der Waals surface area (Å²) in [6, 6.07) is 11.2. The lowest BCUT2D eigenvalue weighted by Crippen LogP contribution is -2.17. The van der Waals surface area contributed by atoms with Crippen LogP contribution in [0.25, 0.3) is 0 Å². The van der Waals surface area contributed by atoms with Gasteiger partial charge in [-0.3, -0.25) is 9.78 Å². The van der Waals surface area contributed by atoms with E-state index >= 15 is 0 Å². The molecule has 2 rings (SSSR count). The maximum atomic E-state index is 11.7. The van der Waals surface area contributed by atoms with Crippen LogP contribution in [0.1, 0.15) is 15.9 Å². The third-order valence-corrected chi connectivity index (χ3v) is 3.18. The van der Waals surface area contributed by atoms with E-state index in [-0.39, 0.29) is 5.91 Å². The van der Waals surface area contributed by atoms with Crippen molar-refractivity contribution in [2.75, 3.05) is 6.26 Å². The minimum atomic E-state index is -0.251. The maximum absolute atomic E-state index is 11.7. The number of hydrazone groups is 1. The van der Waals surface area contributed by atoms with Crippen LogP contribution in [0.15, 0.2) is 58.8 Å². The quantitative estimate of drug-likeness (QED) is 0.528. The highest BCUT2D eigenvalue weighted by atomic mass is 32.2. The molecule has 0 aliphatic heterocycles. The zero-order chi connectivity index (χ0) is 13.5. The Hall–Kier alpha value is -2.14. The molecule has 1 heterocycles. The predicted molar refractivity (Wildman–Crippen MR) is 77.5 cm³/mol. The fourth-order valence-corrected chi connectivity index (χ4v) is 1.83. The van der Waals surface area contributed by atoms with Gasteiger partial charge in [0.25, 0.3) is 5.91 Å². The van der Waals surface area contributed by atoms with Crippen molar-refractivity contribution in [2.24, 2.45) is 5.10 Å². The number of nitrogens with one attached hydrogen (secondary N) is 1. The number of nitrogens with zero attached hydrogens (tertiary/aromatic N) is 2. The Morgan fingerprint density at radius 1 is 1.21 bits per heavy atom. The standard InChI is InChI=1S/C14H13N3OS/c1-19-13-4-2-11(3-5-13)10-16-17-14(18)12-6-8-15-9-7-12/h2-10H,1H3,(H,17,18)/b16-10+. The normalized spacial score (nSPS) is 10.6. The van der Waals surface area contributed by atoms with Crippen LogP contribution in [0.5, 0.6) is 0 Å². The SMILES string of the molecule is CSc1ccc(/C=N/NC(=O)c2ccncc2)cc1. The van der Waals surface area contributed by atoms with Crippen molar-refractivity contribution in [3.8, 4) is 0 Å². The minimum absolute atomic E-state index is 0.251. The zero-order valence-corrected chi connectivity index (χ0v) is 11.2. The second-order valence-corrected chi connectivity index (χ2v) is 4.59. The number of thioether (sulfide) groups is 1. The topological polar surface area (TPSA) is 54.4 Å². The summed E-state index contributed by atoms with van der Waals surface area (Å²) in [5.74, 6) is -0.251. The van der Waals surface area contributed by atoms with E-state index in [1.165, 1.54) is 4.90 Å². The van der Waals surface area contributed by atoms with Crippen LogP contribution in [0, 0.1) is 0 Å². The largest absolute Gasteiger partial charge is 0.271 e. The molecule has 2 aromatic rings. The Balaban J connectivity index is 1.94. The van der Waals surface area contributed by atoms with Crippen molar-refractivity contribution < 1.29 is 4.79 Å². The number of carbonyl (C=O) groups excluding carboxylic acids is 1. The molecular formula is C14H13N3OS. The Kier molecular flexibility index (Phi) is 4.69. The summed E-state index contributed by atoms with van der Waals surface area (Å²) in [6.07, 6.45) is 6.78. The van der Waals surface area contributed by atoms with Gasteiger partial charge in [0.05, 0.1) is 6.21 Å². The lowest BCUT2D eigenvalue weighted by Gasteiger charge is -1.99. The smallest absolute Gasteiger partial charge is 0.267 e. The number of hydrogen-bond donors (Lipinski definition) is 1. The second-order valence-electron chi connectivity index (χ2n) is 3.71. The first-order valence-corrected chi connectivity index (χ1v) is 6.89. The van der Waals surface area contributed by atoms with E-state index in [9.17, 15) is 4.79 Å². The van der Waals surface area contributed by atoms with E-state index in [0.717, 1.165) is 5.56 Å². The summed E-state index contributed by atoms with van der Waals surface area (Å²) in [5, 5.41) is 3.92. The number of hydrogen-bond acceptors (Lipinski definition) is 4. The summed E-state index contributed by atoms with van der Waals surface area (Å²) < 4.78 is 0. The minimum Gasteiger partial charge on any atom is -0.267 e. The molecule has 1 aromatic carbocycles. The molecule has 0 saturated heterocycles. The van der Waals surface area contributed by atoms with Gasteiger partial charge in [-0.1, -0.05) is 12.1 Å². The van der Waals surface area contributed by atoms with E-state index in [2.05, 4.69) is 15.5 Å². The fourth-order valence-electron chi connectivity index (χ4n) is 1.42. The van der Waals surface area contributed by atoms with Gasteiger partial charge in [0.15, 0.2) is 0 Å². The summed E-state index contributed by atoms with van der Waals surface area (Å²) >= 11 is 1.68. The fraction of sp³-hybridized carbons (Fsp3) is 0.0714. The lowest BCUT2D eigenvalue weighted by molar-refractivity contribution is 0.0955. The van der Waals surface area contributed by atoms with Crippen molar-refractivity contribution in [1.29, 1.82) is 0 Å². The molecule has 0 spiro atoms. The highest BCUT2D eigenvalue weighted by Gasteiger charge is 2.01. The molecule has 0 aliphatic carbocycles. The summed E-state index contributed by atoms with van der Waals surface area (Å²) in [4.78, 5) is 16.7. The van der Waals surface area contributed by atoms with Crippen LogP contribution in [0.2, 0.25) is 0 Å². The molecule has 0 bridgehead atoms. The molecule has 1 N–H and O–H groups in total. The van der Waals surface area contributed by atoms with E-state index in [0.29, 0.717) is 5.56 Å². The van der Waals surface area contributed by atoms with Gasteiger partial charge in [-0.2, -0.15) is 5.10 Å². The van der Waals surface area contributed by atoms with Crippen molar-refractivity contribution >= 4 is 23.9 Å². The number of amides is 1. The molecule has 0 atom stereocenters. The first-order valence-electron chi connectivity index (χ1n) is 5.67. The number of rotatable bonds is 4. The third-order valence-electron chi connectivity index (χ3n) is 2.44. The van der Waals surface area contributed by atoms with Crippen LogP contribution < -0.4 is 5.43 Å². The number of carbonyl (C=O) groups is 1. The lowest BCUT2D eigenvalue weighted by atomic mass is 10.2. The number of pyridine rings is 1. The van der Waals surface area contributed by atoms with E-state index in [1.807, 2.05) is 30.5 Å². The molecule has 0 unspecified atom stereocenters. The highest BCUT2D eigenvalue weighted by molar-refractivity contribution is 7.98. The molecule has 1 amide bonds. The Labute approximate surface area is 116 Å². The Morgan fingerprint density at radius 2 is 1.89 bits per heavy atom. The van der Waals surface area contributed by atoms with Gasteiger partial charge < -0.3 is 0 Å². The average molecular weight is 271 g/mol. The van der Waals surface area contributed by atoms with Crippen LogP contribution in [0.4, 0.5) is 0 Å². The van der Waals surface area contributed by atoms with Crippen LogP contribution in [0.3, 0.4) is 0 Å². The van der Waals surface area contributed by atoms with Crippen LogP contribution >= 0.6 is 11.8 Å². The van der Waals surface area contributed by atoms with E-state index < -0.39 is 0 Å². The summed E-state index contributed by atoms with van der Waals surface area (Å²) in [7, 11) is 0. The van der Waals surface area contributed by atoms with Gasteiger partial charge in [0.1, 0.15) is 0 Å². The maximum Gasteiger partial charge on any atom is 0.271 e. The molecule has 4 nitrogen and oxygen atoms in total. The van der Waals surface area contributed by atoms with Gasteiger partial charge in [0.2, 0.25) is 0 Å². The molecule has 0 radical (unpaired) electrons. The highest BCUT2D eigenvalue weighted by Crippen LogP contribution is 2.13. The Morgan fingerprint density at radius 3 is 2.53 bits per heavy atom. The molecule has 19 heavy (non-hydrogen) atoms. The average Bonchev–Trinajstić information content (AvgIpc) is 2.49. The first-order chi connectivity index (χ1) is 9.29. The summed E-state index contributed by atoms with van der Waals surface area (Å²) in [6.45, 7) is 0. The molecule has 5 heteroatoms. The molecule has 0 aliphatic rings. The Bertz CT molecular complexity index is 567. The molecule has 0 fully saturated rings. The zero-order valence-electron chi connectivity index (χ0n) is 10.4. The molecule has 96 valence electrons. The van der Waals surface area contributed by atoms with Crippen molar-refractivity contribution in [1.82, 2.24) is 10.4 Å². The van der Waals surface area contributed by atoms with E-state index in [1.54, 1.807) is 42.5 Å². The van der Waals surface area contributed by atoms with Crippen LogP contribution in [-0.2, 0) is 0 Å². The van der Waals surface area contributed by atoms with Gasteiger partial charge >= 0.3 is 0 Å². The number of benzene rings is 1. The third kappa shape index (κ3) is 3.93. The first kappa shape index (κ1) is 13.3. The second kappa shape index (κ2) is 6.70. The van der Waals surface area contributed by atoms with Crippen LogP contribution in [-0.4, -0.2) is 23.4 Å². The molecule has 1 aromatic heterocycles. The monoisotopic (exact) mass is 271 g/mol. The van der Waals surface area contributed by atoms with Crippen molar-refractivity contribution in [3.63, 3.8) is 0 Å². The van der Waals surface area contributed by atoms with Gasteiger partial charge in [-0.05, 0) is 36.1 Å². The summed E-state index contributed by atoms with van der Waals surface area (Å²) in [5.41, 5.74) is 3.94. The van der Waals surface area contributed by atoms with Crippen molar-refractivity contribution in [3.05, 3.63) is 59.9 Å². The molecular weight excluding hydrogens is 258 g/mol. The van der Waals surface area contributed by atoms with Gasteiger partial charge in [0, 0.05) is 22.9 Å². The van der Waals surface area contributed by atoms with E-state index in [4.69, 9.17) is 0 Å². The van der Waals surface area contributed by atoms with Crippen molar-refractivity contribution in [2.45, 2.75) is 4.90 Å². The van der Waals surface area contributed by atoms with Gasteiger partial charge in [-0.15, -0.1) is 11.8 Å². The van der Waals surface area contributed by atoms with Gasteiger partial charge in [-0.25, -0.2) is 5.43 Å². The number of aromatic nitrogens is 1.